The van der Waals surface area contributed by atoms with E-state index < -0.39 is 11.9 Å². The Bertz CT molecular complexity index is 117. The molecule has 0 saturated heterocycles. The Morgan fingerprint density at radius 2 is 1.25 bits per heavy atom. The molecule has 8 heteroatoms. The number of carboxylic acid groups (broad SMARTS) is 2. The fraction of sp³-hybridized carbons (Fsp3) is 0.500. The molecule has 6 nitrogen and oxygen atoms in total. The molecule has 76 valence electrons. The van der Waals surface area contributed by atoms with Crippen LogP contribution in [0.5, 0.6) is 0 Å². The van der Waals surface area contributed by atoms with Crippen molar-refractivity contribution in [3.05, 3.63) is 0 Å². The highest BCUT2D eigenvalue weighted by Gasteiger charge is 1.97. The molecule has 0 fully saturated rings. The summed E-state index contributed by atoms with van der Waals surface area (Å²) in [7, 11) is 0. The summed E-state index contributed by atoms with van der Waals surface area (Å²) in [5, 5.41) is 18.1. The molecular formula is C4H11Cl2NO5. The van der Waals surface area contributed by atoms with Crippen LogP contribution in [-0.2, 0) is 9.59 Å². The smallest absolute Gasteiger partial charge is 0.317 e. The summed E-state index contributed by atoms with van der Waals surface area (Å²) in [6, 6.07) is 0. The molecule has 0 aromatic rings. The third-order valence-corrected chi connectivity index (χ3v) is 0.552. The first-order valence-corrected chi connectivity index (χ1v) is 2.27. The fourth-order valence-electron chi connectivity index (χ4n) is 0.276. The van der Waals surface area contributed by atoms with E-state index in [-0.39, 0.29) is 43.4 Å². The van der Waals surface area contributed by atoms with Crippen molar-refractivity contribution in [2.45, 2.75) is 0 Å². The monoisotopic (exact) mass is 223 g/mol. The summed E-state index contributed by atoms with van der Waals surface area (Å²) in [5.74, 6) is -2.12. The van der Waals surface area contributed by atoms with Crippen molar-refractivity contribution >= 4 is 36.8 Å². The molecule has 0 heterocycles. The van der Waals surface area contributed by atoms with E-state index in [1.165, 1.54) is 0 Å². The molecule has 0 rings (SSSR count). The average molecular weight is 224 g/mol. The molecule has 0 aliphatic carbocycles. The summed E-state index contributed by atoms with van der Waals surface area (Å²) < 4.78 is 0. The Morgan fingerprint density at radius 3 is 1.42 bits per heavy atom. The van der Waals surface area contributed by atoms with Crippen molar-refractivity contribution in [1.82, 2.24) is 5.32 Å². The maximum atomic E-state index is 9.73. The number of nitrogens with one attached hydrogen (secondary N) is 1. The van der Waals surface area contributed by atoms with Crippen molar-refractivity contribution in [2.24, 2.45) is 0 Å². The summed E-state index contributed by atoms with van der Waals surface area (Å²) in [6.07, 6.45) is 0. The summed E-state index contributed by atoms with van der Waals surface area (Å²) in [5.41, 5.74) is 0. The largest absolute Gasteiger partial charge is 0.480 e. The van der Waals surface area contributed by atoms with Gasteiger partial charge in [0.05, 0.1) is 13.1 Å². The quantitative estimate of drug-likeness (QED) is 0.552. The summed E-state index contributed by atoms with van der Waals surface area (Å²) in [4.78, 5) is 19.5. The number of aliphatic carboxylic acids is 2. The van der Waals surface area contributed by atoms with E-state index in [0.717, 1.165) is 0 Å². The van der Waals surface area contributed by atoms with E-state index in [4.69, 9.17) is 10.2 Å². The normalized spacial score (nSPS) is 6.67. The van der Waals surface area contributed by atoms with Crippen LogP contribution in [0.15, 0.2) is 0 Å². The first-order chi connectivity index (χ1) is 4.13. The molecule has 0 bridgehead atoms. The van der Waals surface area contributed by atoms with Crippen molar-refractivity contribution < 1.29 is 25.3 Å². The average Bonchev–Trinajstić information content (AvgIpc) is 1.63. The first-order valence-electron chi connectivity index (χ1n) is 2.27. The molecule has 12 heavy (non-hydrogen) atoms. The van der Waals surface area contributed by atoms with Gasteiger partial charge in [0.2, 0.25) is 0 Å². The van der Waals surface area contributed by atoms with Crippen molar-refractivity contribution in [1.29, 1.82) is 0 Å². The van der Waals surface area contributed by atoms with E-state index in [9.17, 15) is 9.59 Å². The molecule has 0 atom stereocenters. The van der Waals surface area contributed by atoms with Crippen LogP contribution < -0.4 is 5.32 Å². The second-order valence-electron chi connectivity index (χ2n) is 1.39. The Morgan fingerprint density at radius 1 is 1.00 bits per heavy atom. The second-order valence-corrected chi connectivity index (χ2v) is 1.39. The minimum absolute atomic E-state index is 0. The van der Waals surface area contributed by atoms with Gasteiger partial charge in [-0.15, -0.1) is 24.8 Å². The van der Waals surface area contributed by atoms with Gasteiger partial charge in [0.15, 0.2) is 0 Å². The fourth-order valence-corrected chi connectivity index (χ4v) is 0.276. The Balaban J connectivity index is -0.000000107. The van der Waals surface area contributed by atoms with Gasteiger partial charge in [0.1, 0.15) is 0 Å². The number of hydrogen-bond donors (Lipinski definition) is 3. The second kappa shape index (κ2) is 13.1. The predicted molar refractivity (Wildman–Crippen MR) is 46.3 cm³/mol. The number of hydrogen-bond acceptors (Lipinski definition) is 3. The van der Waals surface area contributed by atoms with Crippen molar-refractivity contribution in [2.75, 3.05) is 13.1 Å². The number of carbonyl (C=O) groups is 2. The van der Waals surface area contributed by atoms with Crippen LogP contribution in [0.25, 0.3) is 0 Å². The highest BCUT2D eigenvalue weighted by molar-refractivity contribution is 5.85. The van der Waals surface area contributed by atoms with Gasteiger partial charge in [-0.05, 0) is 0 Å². The maximum absolute atomic E-state index is 9.73. The predicted octanol–water partition coefficient (Wildman–Crippen LogP) is -1.24. The van der Waals surface area contributed by atoms with Gasteiger partial charge in [-0.1, -0.05) is 0 Å². The molecule has 0 aliphatic rings. The summed E-state index contributed by atoms with van der Waals surface area (Å²) >= 11 is 0. The van der Waals surface area contributed by atoms with Crippen LogP contribution in [0.1, 0.15) is 0 Å². The third kappa shape index (κ3) is 22.7. The molecule has 0 amide bonds. The Hall–Kier alpha value is -0.560. The molecule has 0 saturated carbocycles. The zero-order valence-corrected chi connectivity index (χ0v) is 7.57. The Labute approximate surface area is 81.1 Å². The van der Waals surface area contributed by atoms with Crippen molar-refractivity contribution in [3.8, 4) is 0 Å². The van der Waals surface area contributed by atoms with Crippen LogP contribution in [0.4, 0.5) is 0 Å². The summed E-state index contributed by atoms with van der Waals surface area (Å²) in [6.45, 7) is -0.626. The van der Waals surface area contributed by atoms with Crippen molar-refractivity contribution in [3.63, 3.8) is 0 Å². The molecule has 0 aromatic carbocycles. The molecule has 0 radical (unpaired) electrons. The van der Waals surface area contributed by atoms with Gasteiger partial charge in [-0.2, -0.15) is 0 Å². The van der Waals surface area contributed by atoms with Gasteiger partial charge < -0.3 is 15.7 Å². The van der Waals surface area contributed by atoms with E-state index >= 15 is 0 Å². The van der Waals surface area contributed by atoms with E-state index in [1.54, 1.807) is 0 Å². The van der Waals surface area contributed by atoms with Crippen LogP contribution in [0.3, 0.4) is 0 Å². The lowest BCUT2D eigenvalue weighted by Gasteiger charge is -1.93. The SMILES string of the molecule is Cl.Cl.O.O=C(O)CNCC(=O)O. The molecule has 5 N–H and O–H groups in total. The minimum Gasteiger partial charge on any atom is -0.480 e. The highest BCUT2D eigenvalue weighted by Crippen LogP contribution is 1.61. The molecule has 0 aromatic heterocycles. The van der Waals surface area contributed by atoms with Gasteiger partial charge in [-0.25, -0.2) is 0 Å². The maximum Gasteiger partial charge on any atom is 0.317 e. The van der Waals surface area contributed by atoms with Gasteiger partial charge in [0.25, 0.3) is 0 Å². The van der Waals surface area contributed by atoms with Gasteiger partial charge in [0, 0.05) is 0 Å². The van der Waals surface area contributed by atoms with Gasteiger partial charge in [-0.3, -0.25) is 14.9 Å². The van der Waals surface area contributed by atoms with Crippen LogP contribution in [-0.4, -0.2) is 40.7 Å². The lowest BCUT2D eigenvalue weighted by Crippen LogP contribution is -2.27. The molecule has 0 unspecified atom stereocenters. The van der Waals surface area contributed by atoms with Crippen LogP contribution >= 0.6 is 24.8 Å². The van der Waals surface area contributed by atoms with Crippen LogP contribution in [0.2, 0.25) is 0 Å². The van der Waals surface area contributed by atoms with Gasteiger partial charge >= 0.3 is 11.9 Å². The zero-order chi connectivity index (χ0) is 7.28. The highest BCUT2D eigenvalue weighted by atomic mass is 35.5. The molecule has 0 aliphatic heterocycles. The van der Waals surface area contributed by atoms with E-state index in [0.29, 0.717) is 0 Å². The lowest BCUT2D eigenvalue weighted by molar-refractivity contribution is -0.137. The topological polar surface area (TPSA) is 118 Å². The Kier molecular flexibility index (Phi) is 24.5. The first kappa shape index (κ1) is 22.5. The van der Waals surface area contributed by atoms with Crippen LogP contribution in [0, 0.1) is 0 Å². The zero-order valence-electron chi connectivity index (χ0n) is 5.94. The molecular weight excluding hydrogens is 213 g/mol. The van der Waals surface area contributed by atoms with E-state index in [2.05, 4.69) is 5.32 Å². The molecule has 0 spiro atoms. The number of rotatable bonds is 4. The number of halogens is 2. The standard InChI is InChI=1S/C4H7NO4.2ClH.H2O/c6-3(7)1-5-2-4(8)9;;;/h5H,1-2H2,(H,6,7)(H,8,9);2*1H;1H2. The lowest BCUT2D eigenvalue weighted by atomic mass is 10.6. The third-order valence-electron chi connectivity index (χ3n) is 0.552. The minimum atomic E-state index is -1.06. The number of carboxylic acids is 2. The van der Waals surface area contributed by atoms with E-state index in [1.807, 2.05) is 0 Å².